The number of amides is 3. The molecule has 2 N–H and O–H groups in total. The number of carbonyl (C=O) groups is 3. The van der Waals surface area contributed by atoms with Crippen molar-refractivity contribution < 1.29 is 14.4 Å². The van der Waals surface area contributed by atoms with Crippen molar-refractivity contribution >= 4 is 46.8 Å². The fraction of sp³-hybridized carbons (Fsp3) is 0.185. The summed E-state index contributed by atoms with van der Waals surface area (Å²) in [6.07, 6.45) is 2.34. The number of rotatable bonds is 6. The van der Waals surface area contributed by atoms with Crippen LogP contribution in [0.25, 0.3) is 11.8 Å². The molecule has 178 valence electrons. The number of hydrogen-bond donors (Lipinski definition) is 1. The zero-order valence-electron chi connectivity index (χ0n) is 19.8. The fourth-order valence-electron chi connectivity index (χ4n) is 4.26. The number of primary amides is 1. The van der Waals surface area contributed by atoms with Crippen LogP contribution in [0.5, 0.6) is 0 Å². The zero-order chi connectivity index (χ0) is 25.3. The first kappa shape index (κ1) is 24.1. The number of aryl methyl sites for hydroxylation is 1. The molecule has 0 bridgehead atoms. The predicted octanol–water partition coefficient (Wildman–Crippen LogP) is 4.15. The summed E-state index contributed by atoms with van der Waals surface area (Å²) >= 11 is 5.56. The summed E-state index contributed by atoms with van der Waals surface area (Å²) in [5.74, 6) is -1.34. The Kier molecular flexibility index (Phi) is 6.66. The summed E-state index contributed by atoms with van der Waals surface area (Å²) in [5.41, 5.74) is 9.80. The van der Waals surface area contributed by atoms with Gasteiger partial charge < -0.3 is 10.3 Å². The molecule has 1 saturated heterocycles. The van der Waals surface area contributed by atoms with Crippen molar-refractivity contribution in [3.63, 3.8) is 0 Å². The second-order valence-electron chi connectivity index (χ2n) is 8.35. The maximum atomic E-state index is 13.5. The molecule has 0 radical (unpaired) electrons. The maximum Gasteiger partial charge on any atom is 0.270 e. The molecule has 4 rings (SSSR count). The van der Waals surface area contributed by atoms with Crippen LogP contribution in [0.15, 0.2) is 66.2 Å². The van der Waals surface area contributed by atoms with Gasteiger partial charge in [-0.1, -0.05) is 25.1 Å². The van der Waals surface area contributed by atoms with E-state index in [0.29, 0.717) is 24.2 Å². The Morgan fingerprint density at radius 2 is 1.63 bits per heavy atom. The quantitative estimate of drug-likeness (QED) is 0.322. The first-order valence-corrected chi connectivity index (χ1v) is 11.7. The van der Waals surface area contributed by atoms with E-state index in [9.17, 15) is 14.4 Å². The van der Waals surface area contributed by atoms with Gasteiger partial charge in [0.05, 0.1) is 5.69 Å². The van der Waals surface area contributed by atoms with Gasteiger partial charge in [-0.2, -0.15) is 0 Å². The Labute approximate surface area is 209 Å². The summed E-state index contributed by atoms with van der Waals surface area (Å²) in [5, 5.41) is 0.185. The molecule has 7 nitrogen and oxygen atoms in total. The number of benzene rings is 2. The molecular formula is C27H26N4O3S. The second-order valence-corrected chi connectivity index (χ2v) is 8.71. The van der Waals surface area contributed by atoms with Crippen LogP contribution in [0.1, 0.15) is 40.7 Å². The van der Waals surface area contributed by atoms with Gasteiger partial charge in [0.25, 0.3) is 11.8 Å². The van der Waals surface area contributed by atoms with Crippen molar-refractivity contribution in [2.75, 3.05) is 11.4 Å². The van der Waals surface area contributed by atoms with E-state index < -0.39 is 17.7 Å². The van der Waals surface area contributed by atoms with Crippen LogP contribution >= 0.6 is 12.2 Å². The van der Waals surface area contributed by atoms with E-state index in [0.717, 1.165) is 22.6 Å². The van der Waals surface area contributed by atoms with Gasteiger partial charge in [-0.15, -0.1) is 0 Å². The highest BCUT2D eigenvalue weighted by atomic mass is 32.1. The van der Waals surface area contributed by atoms with E-state index in [2.05, 4.69) is 0 Å². The lowest BCUT2D eigenvalue weighted by atomic mass is 10.1. The summed E-state index contributed by atoms with van der Waals surface area (Å²) < 4.78 is 2.00. The minimum Gasteiger partial charge on any atom is -0.366 e. The van der Waals surface area contributed by atoms with Gasteiger partial charge in [0.2, 0.25) is 5.91 Å². The van der Waals surface area contributed by atoms with Crippen LogP contribution in [0, 0.1) is 13.8 Å². The fourth-order valence-corrected chi connectivity index (χ4v) is 4.62. The predicted molar refractivity (Wildman–Crippen MR) is 140 cm³/mol. The normalized spacial score (nSPS) is 15.3. The number of para-hydroxylation sites is 1. The number of nitrogens with zero attached hydrogens (tertiary/aromatic N) is 3. The first-order valence-electron chi connectivity index (χ1n) is 11.3. The Morgan fingerprint density at radius 1 is 0.971 bits per heavy atom. The Hall–Kier alpha value is -4.04. The molecule has 0 atom stereocenters. The monoisotopic (exact) mass is 486 g/mol. The second kappa shape index (κ2) is 9.68. The number of thiocarbonyl (C=S) groups is 1. The van der Waals surface area contributed by atoms with Crippen LogP contribution in [0.3, 0.4) is 0 Å². The molecule has 1 aliphatic rings. The van der Waals surface area contributed by atoms with E-state index in [1.807, 2.05) is 61.7 Å². The van der Waals surface area contributed by atoms with Crippen LogP contribution in [0.4, 0.5) is 5.69 Å². The van der Waals surface area contributed by atoms with Gasteiger partial charge in [0.1, 0.15) is 5.57 Å². The molecule has 2 aromatic carbocycles. The van der Waals surface area contributed by atoms with Gasteiger partial charge in [0.15, 0.2) is 5.11 Å². The molecule has 2 heterocycles. The van der Waals surface area contributed by atoms with Gasteiger partial charge >= 0.3 is 0 Å². The van der Waals surface area contributed by atoms with E-state index in [1.165, 1.54) is 9.80 Å². The van der Waals surface area contributed by atoms with Gasteiger partial charge in [-0.05, 0) is 86.6 Å². The molecule has 1 aromatic heterocycles. The molecule has 8 heteroatoms. The summed E-state index contributed by atoms with van der Waals surface area (Å²) in [6, 6.07) is 18.0. The van der Waals surface area contributed by atoms with Gasteiger partial charge in [-0.3, -0.25) is 24.2 Å². The first-order chi connectivity index (χ1) is 16.7. The molecule has 3 aromatic rings. The lowest BCUT2D eigenvalue weighted by molar-refractivity contribution is -0.127. The highest BCUT2D eigenvalue weighted by Gasteiger charge is 2.40. The minimum atomic E-state index is -0.491. The molecule has 1 aliphatic heterocycles. The standard InChI is InChI=1S/C27H26N4O3S/c1-4-14-29-25(33)23(26(34)31(27(29)35)21-8-6-5-7-9-21)16-20-15-17(2)30(18(20)3)22-12-10-19(11-13-22)24(28)32/h5-13,15-16H,4,14H2,1-3H3,(H2,28,32)/b23-16+. The molecule has 35 heavy (non-hydrogen) atoms. The van der Waals surface area contributed by atoms with Crippen molar-refractivity contribution in [1.82, 2.24) is 9.47 Å². The molecule has 0 aliphatic carbocycles. The largest absolute Gasteiger partial charge is 0.366 e. The molecular weight excluding hydrogens is 460 g/mol. The summed E-state index contributed by atoms with van der Waals surface area (Å²) in [7, 11) is 0. The average Bonchev–Trinajstić information content (AvgIpc) is 3.13. The SMILES string of the molecule is CCCN1C(=O)/C(=C\c2cc(C)n(-c3ccc(C(N)=O)cc3)c2C)C(=O)N(c2ccccc2)C1=S. The Balaban J connectivity index is 1.79. The molecule has 3 amide bonds. The third-order valence-electron chi connectivity index (χ3n) is 5.97. The lowest BCUT2D eigenvalue weighted by Gasteiger charge is -2.36. The van der Waals surface area contributed by atoms with Crippen LogP contribution in [0.2, 0.25) is 0 Å². The smallest absolute Gasteiger partial charge is 0.270 e. The highest BCUT2D eigenvalue weighted by Crippen LogP contribution is 2.28. The average molecular weight is 487 g/mol. The van der Waals surface area contributed by atoms with Gasteiger partial charge in [0, 0.05) is 29.2 Å². The number of carbonyl (C=O) groups excluding carboxylic acids is 3. The van der Waals surface area contributed by atoms with E-state index in [4.69, 9.17) is 18.0 Å². The Morgan fingerprint density at radius 3 is 2.23 bits per heavy atom. The van der Waals surface area contributed by atoms with Crippen molar-refractivity contribution in [3.8, 4) is 5.69 Å². The maximum absolute atomic E-state index is 13.5. The third-order valence-corrected chi connectivity index (χ3v) is 6.38. The molecule has 1 fully saturated rings. The van der Waals surface area contributed by atoms with Crippen molar-refractivity contribution in [1.29, 1.82) is 0 Å². The topological polar surface area (TPSA) is 88.6 Å². The van der Waals surface area contributed by atoms with Crippen molar-refractivity contribution in [2.24, 2.45) is 5.73 Å². The third kappa shape index (κ3) is 4.40. The Bertz CT molecular complexity index is 1360. The van der Waals surface area contributed by atoms with Crippen molar-refractivity contribution in [2.45, 2.75) is 27.2 Å². The van der Waals surface area contributed by atoms with Crippen LogP contribution < -0.4 is 10.6 Å². The van der Waals surface area contributed by atoms with Crippen molar-refractivity contribution in [3.05, 3.63) is 88.8 Å². The highest BCUT2D eigenvalue weighted by molar-refractivity contribution is 7.80. The number of aromatic nitrogens is 1. The number of nitrogens with two attached hydrogens (primary N) is 1. The number of anilines is 1. The summed E-state index contributed by atoms with van der Waals surface area (Å²) in [4.78, 5) is 41.2. The minimum absolute atomic E-state index is 0.0558. The summed E-state index contributed by atoms with van der Waals surface area (Å²) in [6.45, 7) is 6.23. The van der Waals surface area contributed by atoms with E-state index in [1.54, 1.807) is 30.3 Å². The number of hydrogen-bond acceptors (Lipinski definition) is 4. The van der Waals surface area contributed by atoms with Gasteiger partial charge in [-0.25, -0.2) is 0 Å². The molecule has 0 spiro atoms. The molecule has 0 saturated carbocycles. The molecule has 0 unspecified atom stereocenters. The van der Waals surface area contributed by atoms with E-state index in [-0.39, 0.29) is 10.7 Å². The zero-order valence-corrected chi connectivity index (χ0v) is 20.6. The van der Waals surface area contributed by atoms with Crippen LogP contribution in [-0.4, -0.2) is 38.8 Å². The van der Waals surface area contributed by atoms with E-state index >= 15 is 0 Å². The lowest BCUT2D eigenvalue weighted by Crippen LogP contribution is -2.56. The van der Waals surface area contributed by atoms with Crippen LogP contribution in [-0.2, 0) is 9.59 Å².